The lowest BCUT2D eigenvalue weighted by Crippen LogP contribution is -2.33. The Morgan fingerprint density at radius 3 is 2.44 bits per heavy atom. The van der Waals surface area contributed by atoms with E-state index in [4.69, 9.17) is 13.9 Å². The molecular weight excluding hydrogens is 410 g/mol. The van der Waals surface area contributed by atoms with E-state index in [9.17, 15) is 14.7 Å². The van der Waals surface area contributed by atoms with Crippen LogP contribution in [0, 0.1) is 0 Å². The molecule has 1 N–H and O–H groups in total. The molecule has 7 nitrogen and oxygen atoms in total. The first-order chi connectivity index (χ1) is 15.5. The van der Waals surface area contributed by atoms with Crippen LogP contribution in [0.25, 0.3) is 0 Å². The number of Topliss-reactive ketones (excluding diaryl/α,β-unsaturated/α-hetero) is 1. The number of carbonyl (C=O) groups is 2. The molecule has 0 unspecified atom stereocenters. The average molecular weight is 433 g/mol. The van der Waals surface area contributed by atoms with Gasteiger partial charge in [-0.1, -0.05) is 36.4 Å². The Morgan fingerprint density at radius 2 is 1.78 bits per heavy atom. The van der Waals surface area contributed by atoms with Gasteiger partial charge in [-0.2, -0.15) is 0 Å². The Hall–Kier alpha value is -4.00. The number of amides is 1. The molecule has 2 aromatic carbocycles. The molecule has 0 spiro atoms. The van der Waals surface area contributed by atoms with Crippen LogP contribution < -0.4 is 9.47 Å². The van der Waals surface area contributed by atoms with Gasteiger partial charge >= 0.3 is 0 Å². The Labute approximate surface area is 185 Å². The highest BCUT2D eigenvalue weighted by atomic mass is 16.5. The van der Waals surface area contributed by atoms with Crippen LogP contribution in [0.15, 0.2) is 82.7 Å². The zero-order valence-corrected chi connectivity index (χ0v) is 17.8. The van der Waals surface area contributed by atoms with Gasteiger partial charge < -0.3 is 23.9 Å². The van der Waals surface area contributed by atoms with E-state index in [0.29, 0.717) is 17.9 Å². The molecule has 0 saturated carbocycles. The molecule has 1 atom stereocenters. The molecule has 1 aliphatic rings. The van der Waals surface area contributed by atoms with Crippen molar-refractivity contribution in [1.29, 1.82) is 0 Å². The lowest BCUT2D eigenvalue weighted by atomic mass is 9.95. The molecule has 0 saturated heterocycles. The van der Waals surface area contributed by atoms with E-state index in [-0.39, 0.29) is 17.9 Å². The summed E-state index contributed by atoms with van der Waals surface area (Å²) in [5.41, 5.74) is 1.67. The van der Waals surface area contributed by atoms with Gasteiger partial charge in [-0.3, -0.25) is 9.59 Å². The lowest BCUT2D eigenvalue weighted by molar-refractivity contribution is -0.129. The molecule has 3 aromatic rings. The topological polar surface area (TPSA) is 89.2 Å². The van der Waals surface area contributed by atoms with Gasteiger partial charge in [0.05, 0.1) is 32.1 Å². The van der Waals surface area contributed by atoms with E-state index in [1.54, 1.807) is 26.4 Å². The summed E-state index contributed by atoms with van der Waals surface area (Å²) in [6.45, 7) is 0.285. The number of ether oxygens (including phenoxy) is 2. The molecule has 0 fully saturated rings. The van der Waals surface area contributed by atoms with Crippen molar-refractivity contribution in [1.82, 2.24) is 4.90 Å². The minimum atomic E-state index is -0.721. The van der Waals surface area contributed by atoms with Crippen molar-refractivity contribution in [3.8, 4) is 11.5 Å². The predicted molar refractivity (Wildman–Crippen MR) is 117 cm³/mol. The first-order valence-electron chi connectivity index (χ1n) is 10.1. The predicted octanol–water partition coefficient (Wildman–Crippen LogP) is 4.12. The third kappa shape index (κ3) is 3.85. The summed E-state index contributed by atoms with van der Waals surface area (Å²) in [7, 11) is 3.13. The minimum absolute atomic E-state index is 0.0171. The first-order valence-corrected chi connectivity index (χ1v) is 10.1. The molecule has 0 radical (unpaired) electrons. The molecule has 0 aliphatic carbocycles. The van der Waals surface area contributed by atoms with Crippen molar-refractivity contribution in [2.75, 3.05) is 20.8 Å². The Morgan fingerprint density at radius 1 is 1.03 bits per heavy atom. The van der Waals surface area contributed by atoms with E-state index >= 15 is 0 Å². The number of ketones is 1. The fourth-order valence-electron chi connectivity index (χ4n) is 3.92. The van der Waals surface area contributed by atoms with E-state index in [1.165, 1.54) is 17.2 Å². The Kier molecular flexibility index (Phi) is 5.98. The quantitative estimate of drug-likeness (QED) is 0.538. The van der Waals surface area contributed by atoms with Crippen molar-refractivity contribution >= 4 is 11.7 Å². The van der Waals surface area contributed by atoms with Crippen LogP contribution in [-0.4, -0.2) is 42.5 Å². The maximum Gasteiger partial charge on any atom is 0.290 e. The fraction of sp³-hybridized carbons (Fsp3) is 0.200. The number of aliphatic hydroxyl groups is 1. The molecule has 2 heterocycles. The van der Waals surface area contributed by atoms with Gasteiger partial charge in [0.2, 0.25) is 5.78 Å². The zero-order valence-electron chi connectivity index (χ0n) is 17.8. The van der Waals surface area contributed by atoms with E-state index in [1.807, 2.05) is 42.5 Å². The van der Waals surface area contributed by atoms with Gasteiger partial charge in [0, 0.05) is 6.54 Å². The third-order valence-corrected chi connectivity index (χ3v) is 5.50. The van der Waals surface area contributed by atoms with Crippen LogP contribution in [0.5, 0.6) is 11.5 Å². The standard InChI is InChI=1S/C25H23NO6/c1-30-18-11-10-16(15-20(18)31-2)12-13-26-22(17-7-4-3-5-8-17)21(24(28)25(26)29)23(27)19-9-6-14-32-19/h3-11,14-15,22,28H,12-13H2,1-2H3/t22-/m1/s1. The van der Waals surface area contributed by atoms with Crippen LogP contribution in [0.2, 0.25) is 0 Å². The highest BCUT2D eigenvalue weighted by Gasteiger charge is 2.44. The molecule has 0 bridgehead atoms. The fourth-order valence-corrected chi connectivity index (χ4v) is 3.92. The second kappa shape index (κ2) is 9.01. The highest BCUT2D eigenvalue weighted by Crippen LogP contribution is 2.39. The average Bonchev–Trinajstić information content (AvgIpc) is 3.45. The van der Waals surface area contributed by atoms with Crippen LogP contribution >= 0.6 is 0 Å². The summed E-state index contributed by atoms with van der Waals surface area (Å²) in [6.07, 6.45) is 1.87. The molecule has 1 amide bonds. The Balaban J connectivity index is 1.66. The Bertz CT molecular complexity index is 1150. The molecule has 1 aliphatic heterocycles. The van der Waals surface area contributed by atoms with Gasteiger partial charge in [0.1, 0.15) is 0 Å². The lowest BCUT2D eigenvalue weighted by Gasteiger charge is -2.26. The normalized spacial score (nSPS) is 15.9. The first kappa shape index (κ1) is 21.2. The molecule has 7 heteroatoms. The molecule has 1 aromatic heterocycles. The number of aliphatic hydroxyl groups excluding tert-OH is 1. The zero-order chi connectivity index (χ0) is 22.7. The van der Waals surface area contributed by atoms with Gasteiger partial charge in [0.15, 0.2) is 23.0 Å². The third-order valence-electron chi connectivity index (χ3n) is 5.50. The van der Waals surface area contributed by atoms with Gasteiger partial charge in [0.25, 0.3) is 5.91 Å². The second-order valence-corrected chi connectivity index (χ2v) is 7.32. The SMILES string of the molecule is COc1ccc(CCN2C(=O)C(O)=C(C(=O)c3ccco3)[C@H]2c2ccccc2)cc1OC. The van der Waals surface area contributed by atoms with Gasteiger partial charge in [-0.15, -0.1) is 0 Å². The summed E-state index contributed by atoms with van der Waals surface area (Å²) in [4.78, 5) is 27.6. The summed E-state index contributed by atoms with van der Waals surface area (Å²) >= 11 is 0. The number of nitrogens with zero attached hydrogens (tertiary/aromatic N) is 1. The number of hydrogen-bond donors (Lipinski definition) is 1. The van der Waals surface area contributed by atoms with E-state index in [0.717, 1.165) is 11.1 Å². The molecule has 32 heavy (non-hydrogen) atoms. The summed E-state index contributed by atoms with van der Waals surface area (Å²) < 4.78 is 15.9. The number of furan rings is 1. The number of carbonyl (C=O) groups excluding carboxylic acids is 2. The van der Waals surface area contributed by atoms with Crippen molar-refractivity contribution in [3.63, 3.8) is 0 Å². The maximum atomic E-state index is 13.1. The number of rotatable bonds is 8. The largest absolute Gasteiger partial charge is 0.503 e. The molecule has 164 valence electrons. The van der Waals surface area contributed by atoms with Crippen LogP contribution in [0.1, 0.15) is 27.7 Å². The molecular formula is C25H23NO6. The van der Waals surface area contributed by atoms with Crippen molar-refractivity contribution < 1.29 is 28.6 Å². The summed E-state index contributed by atoms with van der Waals surface area (Å²) in [6, 6.07) is 17.1. The summed E-state index contributed by atoms with van der Waals surface area (Å²) in [5.74, 6) is -0.375. The van der Waals surface area contributed by atoms with Crippen LogP contribution in [0.4, 0.5) is 0 Å². The monoisotopic (exact) mass is 433 g/mol. The van der Waals surface area contributed by atoms with Gasteiger partial charge in [-0.05, 0) is 41.8 Å². The van der Waals surface area contributed by atoms with Crippen molar-refractivity contribution in [2.24, 2.45) is 0 Å². The second-order valence-electron chi connectivity index (χ2n) is 7.32. The van der Waals surface area contributed by atoms with Crippen LogP contribution in [-0.2, 0) is 11.2 Å². The van der Waals surface area contributed by atoms with E-state index < -0.39 is 23.5 Å². The number of hydrogen-bond acceptors (Lipinski definition) is 6. The highest BCUT2D eigenvalue weighted by molar-refractivity contribution is 6.15. The number of methoxy groups -OCH3 is 2. The van der Waals surface area contributed by atoms with E-state index in [2.05, 4.69) is 0 Å². The van der Waals surface area contributed by atoms with Crippen molar-refractivity contribution in [2.45, 2.75) is 12.5 Å². The number of benzene rings is 2. The smallest absolute Gasteiger partial charge is 0.290 e. The van der Waals surface area contributed by atoms with Gasteiger partial charge in [-0.25, -0.2) is 0 Å². The van der Waals surface area contributed by atoms with Crippen LogP contribution in [0.3, 0.4) is 0 Å². The van der Waals surface area contributed by atoms with Crippen molar-refractivity contribution in [3.05, 3.63) is 95.1 Å². The molecule has 4 rings (SSSR count). The summed E-state index contributed by atoms with van der Waals surface area (Å²) in [5, 5.41) is 10.7. The minimum Gasteiger partial charge on any atom is -0.503 e. The maximum absolute atomic E-state index is 13.1.